The SMILES string of the molecule is COc1ccc(OCc2nnc(SC(C)C(=O)Nc3ccc(NC(C)=O)cc3)n2-c2ccccc2)cc1. The predicted octanol–water partition coefficient (Wildman–Crippen LogP) is 4.93. The minimum Gasteiger partial charge on any atom is -0.497 e. The Labute approximate surface area is 219 Å². The van der Waals surface area contributed by atoms with Crippen molar-refractivity contribution >= 4 is 35.0 Å². The lowest BCUT2D eigenvalue weighted by atomic mass is 10.2. The first kappa shape index (κ1) is 25.8. The van der Waals surface area contributed by atoms with Gasteiger partial charge in [-0.3, -0.25) is 14.2 Å². The van der Waals surface area contributed by atoms with E-state index in [1.165, 1.54) is 18.7 Å². The largest absolute Gasteiger partial charge is 0.497 e. The normalized spacial score (nSPS) is 11.4. The maximum atomic E-state index is 12.9. The van der Waals surface area contributed by atoms with Crippen molar-refractivity contribution in [2.75, 3.05) is 17.7 Å². The third kappa shape index (κ3) is 6.89. The lowest BCUT2D eigenvalue weighted by Crippen LogP contribution is -2.23. The number of methoxy groups -OCH3 is 1. The first-order valence-electron chi connectivity index (χ1n) is 11.5. The van der Waals surface area contributed by atoms with Crippen molar-refractivity contribution in [3.05, 3.63) is 84.7 Å². The summed E-state index contributed by atoms with van der Waals surface area (Å²) in [5.74, 6) is 1.68. The molecule has 1 heterocycles. The van der Waals surface area contributed by atoms with Gasteiger partial charge >= 0.3 is 0 Å². The number of amides is 2. The number of rotatable bonds is 10. The highest BCUT2D eigenvalue weighted by atomic mass is 32.2. The van der Waals surface area contributed by atoms with Crippen molar-refractivity contribution in [1.82, 2.24) is 14.8 Å². The van der Waals surface area contributed by atoms with Gasteiger partial charge in [0.25, 0.3) is 0 Å². The number of carbonyl (C=O) groups excluding carboxylic acids is 2. The first-order chi connectivity index (χ1) is 17.9. The molecule has 0 aliphatic heterocycles. The maximum Gasteiger partial charge on any atom is 0.237 e. The molecule has 1 aromatic heterocycles. The fourth-order valence-corrected chi connectivity index (χ4v) is 4.31. The van der Waals surface area contributed by atoms with E-state index in [0.717, 1.165) is 11.4 Å². The molecule has 9 nitrogen and oxygen atoms in total. The molecule has 0 spiro atoms. The molecule has 4 aromatic rings. The molecule has 0 radical (unpaired) electrons. The Morgan fingerprint density at radius 1 is 0.892 bits per heavy atom. The Morgan fingerprint density at radius 2 is 1.51 bits per heavy atom. The molecule has 0 aliphatic rings. The number of anilines is 2. The van der Waals surface area contributed by atoms with Gasteiger partial charge in [0, 0.05) is 24.0 Å². The summed E-state index contributed by atoms with van der Waals surface area (Å²) in [5, 5.41) is 14.4. The van der Waals surface area contributed by atoms with Gasteiger partial charge in [-0.05, 0) is 67.6 Å². The van der Waals surface area contributed by atoms with Crippen LogP contribution in [0.5, 0.6) is 11.5 Å². The van der Waals surface area contributed by atoms with Gasteiger partial charge in [0.1, 0.15) is 18.1 Å². The van der Waals surface area contributed by atoms with E-state index in [1.54, 1.807) is 31.4 Å². The summed E-state index contributed by atoms with van der Waals surface area (Å²) in [7, 11) is 1.61. The molecule has 1 unspecified atom stereocenters. The molecule has 0 saturated heterocycles. The molecular weight excluding hydrogens is 490 g/mol. The van der Waals surface area contributed by atoms with Gasteiger partial charge in [-0.1, -0.05) is 30.0 Å². The van der Waals surface area contributed by atoms with Crippen LogP contribution in [0.2, 0.25) is 0 Å². The summed E-state index contributed by atoms with van der Waals surface area (Å²) in [6.07, 6.45) is 0. The third-order valence-corrected chi connectivity index (χ3v) is 6.31. The molecule has 1 atom stereocenters. The lowest BCUT2D eigenvalue weighted by molar-refractivity contribution is -0.115. The molecule has 10 heteroatoms. The summed E-state index contributed by atoms with van der Waals surface area (Å²) in [6.45, 7) is 3.44. The van der Waals surface area contributed by atoms with Crippen LogP contribution < -0.4 is 20.1 Å². The van der Waals surface area contributed by atoms with E-state index in [2.05, 4.69) is 20.8 Å². The zero-order chi connectivity index (χ0) is 26.2. The van der Waals surface area contributed by atoms with Gasteiger partial charge in [-0.15, -0.1) is 10.2 Å². The van der Waals surface area contributed by atoms with Crippen LogP contribution in [0, 0.1) is 0 Å². The number of ether oxygens (including phenoxy) is 2. The number of hydrogen-bond acceptors (Lipinski definition) is 7. The molecule has 4 rings (SSSR count). The van der Waals surface area contributed by atoms with E-state index >= 15 is 0 Å². The smallest absolute Gasteiger partial charge is 0.237 e. The number of carbonyl (C=O) groups is 2. The summed E-state index contributed by atoms with van der Waals surface area (Å²) in [5.41, 5.74) is 2.16. The van der Waals surface area contributed by atoms with Crippen LogP contribution >= 0.6 is 11.8 Å². The quantitative estimate of drug-likeness (QED) is 0.287. The number of thioether (sulfide) groups is 1. The minimum absolute atomic E-state index is 0.155. The number of benzene rings is 3. The van der Waals surface area contributed by atoms with E-state index in [0.29, 0.717) is 28.1 Å². The van der Waals surface area contributed by atoms with Crippen molar-refractivity contribution in [2.45, 2.75) is 30.9 Å². The number of para-hydroxylation sites is 1. The Bertz CT molecular complexity index is 1340. The molecule has 2 amide bonds. The molecule has 2 N–H and O–H groups in total. The molecule has 0 aliphatic carbocycles. The van der Waals surface area contributed by atoms with Crippen molar-refractivity contribution < 1.29 is 19.1 Å². The maximum absolute atomic E-state index is 12.9. The van der Waals surface area contributed by atoms with Crippen LogP contribution in [0.15, 0.2) is 84.0 Å². The summed E-state index contributed by atoms with van der Waals surface area (Å²) < 4.78 is 13.0. The molecule has 3 aromatic carbocycles. The highest BCUT2D eigenvalue weighted by Crippen LogP contribution is 2.27. The second kappa shape index (κ2) is 12.1. The van der Waals surface area contributed by atoms with Crippen molar-refractivity contribution in [1.29, 1.82) is 0 Å². The molecule has 0 fully saturated rings. The van der Waals surface area contributed by atoms with Gasteiger partial charge < -0.3 is 20.1 Å². The summed E-state index contributed by atoms with van der Waals surface area (Å²) >= 11 is 1.30. The number of aromatic nitrogens is 3. The van der Waals surface area contributed by atoms with Crippen LogP contribution in [0.3, 0.4) is 0 Å². The number of nitrogens with zero attached hydrogens (tertiary/aromatic N) is 3. The fourth-order valence-electron chi connectivity index (χ4n) is 3.42. The standard InChI is InChI=1S/C27H27N5O4S/c1-18(26(34)29-21-11-9-20(10-12-21)28-19(2)33)37-27-31-30-25(32(27)22-7-5-4-6-8-22)17-36-24-15-13-23(35-3)14-16-24/h4-16,18H,17H2,1-3H3,(H,28,33)(H,29,34). The predicted molar refractivity (Wildman–Crippen MR) is 143 cm³/mol. The molecular formula is C27H27N5O4S. The van der Waals surface area contributed by atoms with E-state index in [-0.39, 0.29) is 18.4 Å². The van der Waals surface area contributed by atoms with Gasteiger partial charge in [0.15, 0.2) is 11.0 Å². The van der Waals surface area contributed by atoms with Crippen LogP contribution in [0.4, 0.5) is 11.4 Å². The van der Waals surface area contributed by atoms with E-state index in [9.17, 15) is 9.59 Å². The molecule has 0 saturated carbocycles. The molecule has 190 valence electrons. The van der Waals surface area contributed by atoms with Gasteiger partial charge in [-0.2, -0.15) is 0 Å². The Morgan fingerprint density at radius 3 is 2.14 bits per heavy atom. The number of hydrogen-bond donors (Lipinski definition) is 2. The third-order valence-electron chi connectivity index (χ3n) is 5.27. The van der Waals surface area contributed by atoms with Crippen molar-refractivity contribution in [3.63, 3.8) is 0 Å². The Kier molecular flexibility index (Phi) is 8.42. The zero-order valence-corrected chi connectivity index (χ0v) is 21.5. The summed E-state index contributed by atoms with van der Waals surface area (Å²) in [4.78, 5) is 24.1. The van der Waals surface area contributed by atoms with Crippen LogP contribution in [0.25, 0.3) is 5.69 Å². The van der Waals surface area contributed by atoms with Gasteiger partial charge in [0.05, 0.1) is 12.4 Å². The molecule has 37 heavy (non-hydrogen) atoms. The highest BCUT2D eigenvalue weighted by molar-refractivity contribution is 8.00. The topological polar surface area (TPSA) is 107 Å². The van der Waals surface area contributed by atoms with Gasteiger partial charge in [-0.25, -0.2) is 0 Å². The average Bonchev–Trinajstić information content (AvgIpc) is 3.31. The van der Waals surface area contributed by atoms with Crippen LogP contribution in [-0.2, 0) is 16.2 Å². The molecule has 0 bridgehead atoms. The average molecular weight is 518 g/mol. The second-order valence-electron chi connectivity index (χ2n) is 8.04. The Hall–Kier alpha value is -4.31. The lowest BCUT2D eigenvalue weighted by Gasteiger charge is -2.14. The van der Waals surface area contributed by atoms with E-state index < -0.39 is 5.25 Å². The fraction of sp³-hybridized carbons (Fsp3) is 0.185. The van der Waals surface area contributed by atoms with Crippen molar-refractivity contribution in [3.8, 4) is 17.2 Å². The summed E-state index contributed by atoms with van der Waals surface area (Å²) in [6, 6.07) is 23.9. The highest BCUT2D eigenvalue weighted by Gasteiger charge is 2.21. The van der Waals surface area contributed by atoms with Crippen LogP contribution in [0.1, 0.15) is 19.7 Å². The monoisotopic (exact) mass is 517 g/mol. The Balaban J connectivity index is 1.47. The zero-order valence-electron chi connectivity index (χ0n) is 20.7. The van der Waals surface area contributed by atoms with E-state index in [1.807, 2.05) is 66.1 Å². The van der Waals surface area contributed by atoms with Crippen molar-refractivity contribution in [2.24, 2.45) is 0 Å². The second-order valence-corrected chi connectivity index (χ2v) is 9.35. The van der Waals surface area contributed by atoms with Gasteiger partial charge in [0.2, 0.25) is 11.8 Å². The van der Waals surface area contributed by atoms with Crippen LogP contribution in [-0.4, -0.2) is 38.9 Å². The number of nitrogens with one attached hydrogen (secondary N) is 2. The minimum atomic E-state index is -0.461. The van der Waals surface area contributed by atoms with E-state index in [4.69, 9.17) is 9.47 Å². The first-order valence-corrected chi connectivity index (χ1v) is 12.4.